The molecule has 34 heavy (non-hydrogen) atoms. The van der Waals surface area contributed by atoms with Crippen molar-refractivity contribution in [3.63, 3.8) is 0 Å². The molecular weight excluding hydrogens is 454 g/mol. The van der Waals surface area contributed by atoms with E-state index in [0.29, 0.717) is 22.9 Å². The molecule has 9 nitrogen and oxygen atoms in total. The standard InChI is InChI=1S/C24H39N5O4S/c1-24(2,3)33-23(32)26-15-20(30)25-14-17-16-34-21(27-17)28-22(31)29(18-10-6-4-7-11-18)19-12-8-5-9-13-19/h16,18-19H,4-15H2,1-3H3,(H,25,30)(H,26,32)(H,27,28,31). The first-order valence-corrected chi connectivity index (χ1v) is 13.4. The quantitative estimate of drug-likeness (QED) is 0.506. The molecule has 1 aromatic heterocycles. The molecule has 0 aliphatic heterocycles. The van der Waals surface area contributed by atoms with Crippen LogP contribution in [-0.4, -0.2) is 52.1 Å². The Morgan fingerprint density at radius 3 is 2.15 bits per heavy atom. The van der Waals surface area contributed by atoms with Gasteiger partial charge in [0.15, 0.2) is 5.13 Å². The summed E-state index contributed by atoms with van der Waals surface area (Å²) in [7, 11) is 0. The Morgan fingerprint density at radius 2 is 1.59 bits per heavy atom. The lowest BCUT2D eigenvalue weighted by molar-refractivity contribution is -0.120. The highest BCUT2D eigenvalue weighted by Crippen LogP contribution is 2.31. The van der Waals surface area contributed by atoms with E-state index < -0.39 is 11.7 Å². The number of alkyl carbamates (subject to hydrolysis) is 1. The van der Waals surface area contributed by atoms with Gasteiger partial charge in [-0.25, -0.2) is 14.6 Å². The molecule has 10 heteroatoms. The summed E-state index contributed by atoms with van der Waals surface area (Å²) in [5.74, 6) is -0.342. The number of thiazole rings is 1. The maximum atomic E-state index is 13.3. The molecule has 2 fully saturated rings. The predicted molar refractivity (Wildman–Crippen MR) is 133 cm³/mol. The van der Waals surface area contributed by atoms with E-state index in [4.69, 9.17) is 4.74 Å². The van der Waals surface area contributed by atoms with Gasteiger partial charge in [0.05, 0.1) is 12.2 Å². The lowest BCUT2D eigenvalue weighted by atomic mass is 9.89. The largest absolute Gasteiger partial charge is 0.444 e. The average molecular weight is 494 g/mol. The van der Waals surface area contributed by atoms with Gasteiger partial charge < -0.3 is 20.3 Å². The average Bonchev–Trinajstić information content (AvgIpc) is 3.24. The first-order valence-electron chi connectivity index (χ1n) is 12.5. The molecule has 1 aromatic rings. The zero-order chi connectivity index (χ0) is 24.6. The second-order valence-electron chi connectivity index (χ2n) is 10.2. The molecule has 0 bridgehead atoms. The molecule has 0 unspecified atom stereocenters. The van der Waals surface area contributed by atoms with Crippen LogP contribution in [-0.2, 0) is 16.1 Å². The van der Waals surface area contributed by atoms with E-state index in [0.717, 1.165) is 25.7 Å². The van der Waals surface area contributed by atoms with Crippen molar-refractivity contribution >= 4 is 34.5 Å². The lowest BCUT2D eigenvalue weighted by Gasteiger charge is -2.41. The number of carbonyl (C=O) groups excluding carboxylic acids is 3. The number of rotatable bonds is 7. The van der Waals surface area contributed by atoms with Crippen molar-refractivity contribution in [2.24, 2.45) is 0 Å². The van der Waals surface area contributed by atoms with E-state index in [1.54, 1.807) is 20.8 Å². The minimum Gasteiger partial charge on any atom is -0.444 e. The van der Waals surface area contributed by atoms with Gasteiger partial charge in [0.25, 0.3) is 0 Å². The molecule has 0 atom stereocenters. The number of carbonyl (C=O) groups is 3. The van der Waals surface area contributed by atoms with Crippen LogP contribution >= 0.6 is 11.3 Å². The van der Waals surface area contributed by atoms with Crippen LogP contribution in [0.2, 0.25) is 0 Å². The number of hydrogen-bond donors (Lipinski definition) is 3. The summed E-state index contributed by atoms with van der Waals surface area (Å²) < 4.78 is 5.11. The zero-order valence-electron chi connectivity index (χ0n) is 20.7. The topological polar surface area (TPSA) is 113 Å². The molecule has 3 rings (SSSR count). The zero-order valence-corrected chi connectivity index (χ0v) is 21.5. The van der Waals surface area contributed by atoms with E-state index in [2.05, 4.69) is 25.8 Å². The van der Waals surface area contributed by atoms with E-state index in [-0.39, 0.29) is 25.0 Å². The Morgan fingerprint density at radius 1 is 1.00 bits per heavy atom. The monoisotopic (exact) mass is 493 g/mol. The van der Waals surface area contributed by atoms with Gasteiger partial charge in [-0.1, -0.05) is 38.5 Å². The summed E-state index contributed by atoms with van der Waals surface area (Å²) in [6.07, 6.45) is 10.9. The normalized spacial score (nSPS) is 17.6. The van der Waals surface area contributed by atoms with Crippen LogP contribution in [0.15, 0.2) is 5.38 Å². The molecule has 2 saturated carbocycles. The molecule has 3 N–H and O–H groups in total. The van der Waals surface area contributed by atoms with Crippen molar-refractivity contribution < 1.29 is 19.1 Å². The van der Waals surface area contributed by atoms with Gasteiger partial charge in [-0.3, -0.25) is 10.1 Å². The van der Waals surface area contributed by atoms with Gasteiger partial charge in [-0.15, -0.1) is 11.3 Å². The molecule has 0 saturated heterocycles. The molecule has 0 spiro atoms. The molecular formula is C24H39N5O4S. The SMILES string of the molecule is CC(C)(C)OC(=O)NCC(=O)NCc1csc(NC(=O)N(C2CCCCC2)C2CCCCC2)n1. The number of amides is 4. The van der Waals surface area contributed by atoms with Gasteiger partial charge >= 0.3 is 12.1 Å². The van der Waals surface area contributed by atoms with Crippen LogP contribution in [0.4, 0.5) is 14.7 Å². The minimum absolute atomic E-state index is 0.0507. The second kappa shape index (κ2) is 12.4. The number of hydrogen-bond acceptors (Lipinski definition) is 6. The third kappa shape index (κ3) is 8.45. The molecule has 0 radical (unpaired) electrons. The molecule has 190 valence electrons. The summed E-state index contributed by atoms with van der Waals surface area (Å²) in [4.78, 5) is 43.6. The van der Waals surface area contributed by atoms with Gasteiger partial charge in [0.1, 0.15) is 12.1 Å². The Labute approximate surface area is 206 Å². The number of ether oxygens (including phenoxy) is 1. The second-order valence-corrected chi connectivity index (χ2v) is 11.1. The summed E-state index contributed by atoms with van der Waals surface area (Å²) in [5.41, 5.74) is 0.0405. The number of urea groups is 1. The molecule has 1 heterocycles. The molecule has 0 aromatic carbocycles. The highest BCUT2D eigenvalue weighted by atomic mass is 32.1. The van der Waals surface area contributed by atoms with Crippen LogP contribution in [0.1, 0.15) is 90.7 Å². The Kier molecular flexibility index (Phi) is 9.55. The highest BCUT2D eigenvalue weighted by Gasteiger charge is 2.32. The van der Waals surface area contributed by atoms with Crippen LogP contribution in [0.3, 0.4) is 0 Å². The first kappa shape index (κ1) is 26.2. The molecule has 2 aliphatic rings. The predicted octanol–water partition coefficient (Wildman–Crippen LogP) is 4.78. The number of nitrogens with zero attached hydrogens (tertiary/aromatic N) is 2. The van der Waals surface area contributed by atoms with Crippen LogP contribution in [0, 0.1) is 0 Å². The van der Waals surface area contributed by atoms with Crippen LogP contribution in [0.5, 0.6) is 0 Å². The van der Waals surface area contributed by atoms with E-state index >= 15 is 0 Å². The summed E-state index contributed by atoms with van der Waals surface area (Å²) in [6, 6.07) is 0.575. The van der Waals surface area contributed by atoms with Gasteiger partial charge in [-0.2, -0.15) is 0 Å². The van der Waals surface area contributed by atoms with E-state index in [1.807, 2.05) is 5.38 Å². The van der Waals surface area contributed by atoms with Crippen molar-refractivity contribution in [3.05, 3.63) is 11.1 Å². The Hall–Kier alpha value is -2.36. The van der Waals surface area contributed by atoms with Crippen LogP contribution < -0.4 is 16.0 Å². The smallest absolute Gasteiger partial charge is 0.408 e. The maximum absolute atomic E-state index is 13.3. The van der Waals surface area contributed by atoms with E-state index in [9.17, 15) is 14.4 Å². The fourth-order valence-corrected chi connectivity index (χ4v) is 5.37. The number of nitrogens with one attached hydrogen (secondary N) is 3. The first-order chi connectivity index (χ1) is 16.2. The summed E-state index contributed by atoms with van der Waals surface area (Å²) >= 11 is 1.35. The Bertz CT molecular complexity index is 808. The van der Waals surface area contributed by atoms with Crippen molar-refractivity contribution in [1.82, 2.24) is 20.5 Å². The fourth-order valence-electron chi connectivity index (χ4n) is 4.67. The van der Waals surface area contributed by atoms with Crippen molar-refractivity contribution in [1.29, 1.82) is 0 Å². The van der Waals surface area contributed by atoms with Gasteiger partial charge in [0.2, 0.25) is 5.91 Å². The van der Waals surface area contributed by atoms with Crippen molar-refractivity contribution in [2.45, 2.75) is 109 Å². The maximum Gasteiger partial charge on any atom is 0.408 e. The number of aromatic nitrogens is 1. The minimum atomic E-state index is -0.637. The summed E-state index contributed by atoms with van der Waals surface area (Å²) in [5, 5.41) is 10.5. The van der Waals surface area contributed by atoms with Crippen molar-refractivity contribution in [3.8, 4) is 0 Å². The van der Waals surface area contributed by atoms with Crippen LogP contribution in [0.25, 0.3) is 0 Å². The molecule has 2 aliphatic carbocycles. The summed E-state index contributed by atoms with van der Waals surface area (Å²) in [6.45, 7) is 5.31. The third-order valence-electron chi connectivity index (χ3n) is 6.20. The van der Waals surface area contributed by atoms with E-state index in [1.165, 1.54) is 49.9 Å². The van der Waals surface area contributed by atoms with Gasteiger partial charge in [-0.05, 0) is 46.5 Å². The molecule has 4 amide bonds. The van der Waals surface area contributed by atoms with Gasteiger partial charge in [0, 0.05) is 17.5 Å². The number of anilines is 1. The Balaban J connectivity index is 1.49. The third-order valence-corrected chi connectivity index (χ3v) is 7.00. The van der Waals surface area contributed by atoms with Crippen molar-refractivity contribution in [2.75, 3.05) is 11.9 Å². The highest BCUT2D eigenvalue weighted by molar-refractivity contribution is 7.13. The fraction of sp³-hybridized carbons (Fsp3) is 0.750. The lowest BCUT2D eigenvalue weighted by Crippen LogP contribution is -2.50.